The first-order chi connectivity index (χ1) is 10.5. The number of carboxylic acid groups (broad SMARTS) is 1. The smallest absolute Gasteiger partial charge is 0.303 e. The average Bonchev–Trinajstić information content (AvgIpc) is 2.51. The zero-order valence-electron chi connectivity index (χ0n) is 12.3. The van der Waals surface area contributed by atoms with Gasteiger partial charge in [0.25, 0.3) is 5.91 Å². The van der Waals surface area contributed by atoms with Crippen molar-refractivity contribution < 1.29 is 19.4 Å². The fraction of sp³-hybridized carbons (Fsp3) is 0.500. The van der Waals surface area contributed by atoms with E-state index in [0.29, 0.717) is 18.7 Å². The minimum Gasteiger partial charge on any atom is -0.484 e. The maximum atomic E-state index is 12.2. The van der Waals surface area contributed by atoms with Crippen molar-refractivity contribution in [1.29, 1.82) is 0 Å². The van der Waals surface area contributed by atoms with E-state index < -0.39 is 5.97 Å². The third-order valence-corrected chi connectivity index (χ3v) is 4.29. The normalized spacial score (nSPS) is 18.0. The number of halogens is 1. The van der Waals surface area contributed by atoms with Crippen molar-refractivity contribution in [2.45, 2.75) is 25.7 Å². The number of carboxylic acids is 1. The number of ether oxygens (including phenoxy) is 1. The van der Waals surface area contributed by atoms with Crippen LogP contribution in [0.3, 0.4) is 0 Å². The second-order valence-electron chi connectivity index (χ2n) is 5.53. The van der Waals surface area contributed by atoms with Gasteiger partial charge in [0, 0.05) is 24.0 Å². The van der Waals surface area contributed by atoms with E-state index in [1.54, 1.807) is 4.90 Å². The molecular weight excluding hydrogens is 350 g/mol. The van der Waals surface area contributed by atoms with Gasteiger partial charge in [-0.1, -0.05) is 22.0 Å². The predicted octanol–water partition coefficient (Wildman–Crippen LogP) is 2.93. The largest absolute Gasteiger partial charge is 0.484 e. The van der Waals surface area contributed by atoms with Crippen LogP contribution >= 0.6 is 15.9 Å². The summed E-state index contributed by atoms with van der Waals surface area (Å²) in [5.74, 6) is 0.114. The second kappa shape index (κ2) is 8.17. The summed E-state index contributed by atoms with van der Waals surface area (Å²) >= 11 is 3.36. The lowest BCUT2D eigenvalue weighted by atomic mass is 9.93. The van der Waals surface area contributed by atoms with Gasteiger partial charge in [-0.25, -0.2) is 0 Å². The molecule has 0 bridgehead atoms. The van der Waals surface area contributed by atoms with Gasteiger partial charge in [-0.15, -0.1) is 0 Å². The van der Waals surface area contributed by atoms with Crippen molar-refractivity contribution in [2.24, 2.45) is 5.92 Å². The van der Waals surface area contributed by atoms with Crippen LogP contribution < -0.4 is 4.74 Å². The Morgan fingerprint density at radius 3 is 2.95 bits per heavy atom. The van der Waals surface area contributed by atoms with E-state index in [1.165, 1.54) is 0 Å². The summed E-state index contributed by atoms with van der Waals surface area (Å²) < 4.78 is 6.43. The minimum absolute atomic E-state index is 0.0160. The topological polar surface area (TPSA) is 66.8 Å². The van der Waals surface area contributed by atoms with E-state index in [-0.39, 0.29) is 24.9 Å². The van der Waals surface area contributed by atoms with E-state index in [2.05, 4.69) is 15.9 Å². The molecule has 1 atom stereocenters. The molecule has 0 aromatic heterocycles. The molecule has 1 amide bonds. The van der Waals surface area contributed by atoms with Crippen LogP contribution in [0.2, 0.25) is 0 Å². The number of carbonyl (C=O) groups excluding carboxylic acids is 1. The fourth-order valence-corrected chi connectivity index (χ4v) is 3.03. The Hall–Kier alpha value is -1.56. The maximum absolute atomic E-state index is 12.2. The maximum Gasteiger partial charge on any atom is 0.303 e. The molecule has 5 nitrogen and oxygen atoms in total. The molecule has 1 aromatic carbocycles. The number of likely N-dealkylation sites (tertiary alicyclic amines) is 1. The van der Waals surface area contributed by atoms with Crippen LogP contribution in [0.4, 0.5) is 0 Å². The molecule has 2 rings (SSSR count). The molecule has 1 aliphatic heterocycles. The average molecular weight is 370 g/mol. The van der Waals surface area contributed by atoms with Crippen molar-refractivity contribution in [1.82, 2.24) is 4.90 Å². The molecule has 0 aliphatic carbocycles. The van der Waals surface area contributed by atoms with Gasteiger partial charge in [0.2, 0.25) is 0 Å². The van der Waals surface area contributed by atoms with Crippen molar-refractivity contribution in [3.63, 3.8) is 0 Å². The molecule has 1 heterocycles. The van der Waals surface area contributed by atoms with Crippen LogP contribution in [-0.4, -0.2) is 41.6 Å². The molecule has 1 saturated heterocycles. The van der Waals surface area contributed by atoms with Gasteiger partial charge in [-0.2, -0.15) is 0 Å². The number of benzene rings is 1. The predicted molar refractivity (Wildman–Crippen MR) is 85.8 cm³/mol. The number of hydrogen-bond donors (Lipinski definition) is 1. The van der Waals surface area contributed by atoms with Gasteiger partial charge in [0.15, 0.2) is 6.61 Å². The molecule has 0 unspecified atom stereocenters. The summed E-state index contributed by atoms with van der Waals surface area (Å²) in [4.78, 5) is 24.6. The van der Waals surface area contributed by atoms with Crippen molar-refractivity contribution in [2.75, 3.05) is 19.7 Å². The molecule has 0 radical (unpaired) electrons. The van der Waals surface area contributed by atoms with E-state index in [4.69, 9.17) is 9.84 Å². The van der Waals surface area contributed by atoms with Crippen LogP contribution in [-0.2, 0) is 9.59 Å². The van der Waals surface area contributed by atoms with Crippen LogP contribution in [0.25, 0.3) is 0 Å². The molecule has 1 fully saturated rings. The van der Waals surface area contributed by atoms with Gasteiger partial charge in [0.1, 0.15) is 5.75 Å². The second-order valence-corrected chi connectivity index (χ2v) is 6.44. The summed E-state index contributed by atoms with van der Waals surface area (Å²) in [6, 6.07) is 7.38. The van der Waals surface area contributed by atoms with Crippen LogP contribution in [0, 0.1) is 5.92 Å². The Morgan fingerprint density at radius 2 is 2.23 bits per heavy atom. The van der Waals surface area contributed by atoms with E-state index in [9.17, 15) is 9.59 Å². The minimum atomic E-state index is -0.776. The fourth-order valence-electron chi connectivity index (χ4n) is 2.65. The van der Waals surface area contributed by atoms with Gasteiger partial charge in [0.05, 0.1) is 0 Å². The monoisotopic (exact) mass is 369 g/mol. The van der Waals surface area contributed by atoms with Crippen LogP contribution in [0.5, 0.6) is 5.75 Å². The number of piperidine rings is 1. The molecule has 1 aliphatic rings. The first-order valence-corrected chi connectivity index (χ1v) is 8.22. The highest BCUT2D eigenvalue weighted by atomic mass is 79.9. The Kier molecular flexibility index (Phi) is 6.24. The Bertz CT molecular complexity index is 535. The zero-order valence-corrected chi connectivity index (χ0v) is 13.9. The number of hydrogen-bond acceptors (Lipinski definition) is 3. The quantitative estimate of drug-likeness (QED) is 0.836. The highest BCUT2D eigenvalue weighted by Gasteiger charge is 2.24. The molecule has 1 aromatic rings. The molecule has 22 heavy (non-hydrogen) atoms. The third-order valence-electron chi connectivity index (χ3n) is 3.80. The third kappa shape index (κ3) is 5.33. The summed E-state index contributed by atoms with van der Waals surface area (Å²) in [6.45, 7) is 1.38. The Morgan fingerprint density at radius 1 is 1.41 bits per heavy atom. The lowest BCUT2D eigenvalue weighted by Crippen LogP contribution is -2.42. The lowest BCUT2D eigenvalue weighted by molar-refractivity contribution is -0.137. The zero-order chi connectivity index (χ0) is 15.9. The molecular formula is C16H20BrNO4. The Labute approximate surface area is 138 Å². The number of aliphatic carboxylic acids is 1. The number of amides is 1. The first-order valence-electron chi connectivity index (χ1n) is 7.42. The van der Waals surface area contributed by atoms with Crippen LogP contribution in [0.1, 0.15) is 25.7 Å². The van der Waals surface area contributed by atoms with Gasteiger partial charge in [-0.05, 0) is 43.4 Å². The summed E-state index contributed by atoms with van der Waals surface area (Å²) in [7, 11) is 0. The van der Waals surface area contributed by atoms with Gasteiger partial charge >= 0.3 is 5.97 Å². The highest BCUT2D eigenvalue weighted by Crippen LogP contribution is 2.22. The number of nitrogens with zero attached hydrogens (tertiary/aromatic N) is 1. The highest BCUT2D eigenvalue weighted by molar-refractivity contribution is 9.10. The van der Waals surface area contributed by atoms with E-state index in [0.717, 1.165) is 23.9 Å². The van der Waals surface area contributed by atoms with E-state index in [1.807, 2.05) is 24.3 Å². The van der Waals surface area contributed by atoms with Crippen molar-refractivity contribution in [3.8, 4) is 5.75 Å². The van der Waals surface area contributed by atoms with Crippen LogP contribution in [0.15, 0.2) is 28.7 Å². The molecule has 6 heteroatoms. The van der Waals surface area contributed by atoms with Gasteiger partial charge < -0.3 is 14.7 Å². The summed E-state index contributed by atoms with van der Waals surface area (Å²) in [5, 5.41) is 8.75. The van der Waals surface area contributed by atoms with E-state index >= 15 is 0 Å². The summed E-state index contributed by atoms with van der Waals surface area (Å²) in [5.41, 5.74) is 0. The number of carbonyl (C=O) groups is 2. The SMILES string of the molecule is O=C(O)CC[C@@H]1CCCN(C(=O)COc2cccc(Br)c2)C1. The first kappa shape index (κ1) is 16.8. The summed E-state index contributed by atoms with van der Waals surface area (Å²) in [6.07, 6.45) is 2.71. The molecule has 1 N–H and O–H groups in total. The lowest BCUT2D eigenvalue weighted by Gasteiger charge is -2.32. The number of rotatable bonds is 6. The molecule has 0 spiro atoms. The standard InChI is InChI=1S/C16H20BrNO4/c17-13-4-1-5-14(9-13)22-11-15(19)18-8-2-3-12(10-18)6-7-16(20)21/h1,4-5,9,12H,2-3,6-8,10-11H2,(H,20,21)/t12-/m0/s1. The van der Waals surface area contributed by atoms with Gasteiger partial charge in [-0.3, -0.25) is 9.59 Å². The van der Waals surface area contributed by atoms with Crippen molar-refractivity contribution >= 4 is 27.8 Å². The Balaban J connectivity index is 1.80. The van der Waals surface area contributed by atoms with Crippen molar-refractivity contribution in [3.05, 3.63) is 28.7 Å². The molecule has 120 valence electrons. The molecule has 0 saturated carbocycles.